The summed E-state index contributed by atoms with van der Waals surface area (Å²) in [4.78, 5) is 1.33. The van der Waals surface area contributed by atoms with E-state index in [1.165, 1.54) is 10.5 Å². The van der Waals surface area contributed by atoms with Crippen LogP contribution in [0.5, 0.6) is 0 Å². The quantitative estimate of drug-likeness (QED) is 0.382. The highest BCUT2D eigenvalue weighted by atomic mass is 32.2. The fourth-order valence-electron chi connectivity index (χ4n) is 1.05. The molecular weight excluding hydrogens is 166 g/mol. The Hall–Kier alpha value is -0.760. The summed E-state index contributed by atoms with van der Waals surface area (Å²) in [5.41, 5.74) is 1.29. The summed E-state index contributed by atoms with van der Waals surface area (Å²) in [5, 5.41) is 0. The van der Waals surface area contributed by atoms with E-state index >= 15 is 0 Å². The zero-order valence-electron chi connectivity index (χ0n) is 7.74. The minimum Gasteiger partial charge on any atom is -0.241 e. The summed E-state index contributed by atoms with van der Waals surface area (Å²) < 4.78 is 2.06. The molecule has 1 rings (SSSR count). The van der Waals surface area contributed by atoms with Crippen LogP contribution in [0.15, 0.2) is 29.2 Å². The second kappa shape index (κ2) is 4.31. The first-order valence-corrected chi connectivity index (χ1v) is 5.11. The van der Waals surface area contributed by atoms with E-state index in [0.29, 0.717) is 0 Å². The normalized spacial score (nSPS) is 9.58. The molecule has 0 unspecified atom stereocenters. The van der Waals surface area contributed by atoms with Crippen molar-refractivity contribution in [3.63, 3.8) is 0 Å². The van der Waals surface area contributed by atoms with Gasteiger partial charge in [0, 0.05) is 4.90 Å². The van der Waals surface area contributed by atoms with Crippen molar-refractivity contribution in [2.45, 2.75) is 4.90 Å². The summed E-state index contributed by atoms with van der Waals surface area (Å²) in [6.45, 7) is 0. The van der Waals surface area contributed by atoms with E-state index in [4.69, 9.17) is 0 Å². The molecule has 0 saturated carbocycles. The fraction of sp³-hybridized carbons (Fsp3) is 0.300. The van der Waals surface area contributed by atoms with Gasteiger partial charge in [0.05, 0.1) is 5.56 Å². The summed E-state index contributed by atoms with van der Waals surface area (Å²) in [6.07, 6.45) is 4.23. The maximum absolute atomic E-state index is 2.14. The third-order valence-corrected chi connectivity index (χ3v) is 2.35. The Kier molecular flexibility index (Phi) is 3.35. The van der Waals surface area contributed by atoms with E-state index in [1.54, 1.807) is 11.8 Å². The van der Waals surface area contributed by atoms with Gasteiger partial charge in [-0.05, 0) is 18.4 Å². The Morgan fingerprint density at radius 3 is 2.50 bits per heavy atom. The number of nitrogens with zero attached hydrogens (tertiary/aromatic N) is 1. The molecule has 1 nitrogen and oxygen atoms in total. The van der Waals surface area contributed by atoms with Gasteiger partial charge in [-0.3, -0.25) is 0 Å². The molecular formula is C10H14NS+. The number of thioether (sulfide) groups is 1. The van der Waals surface area contributed by atoms with Crippen molar-refractivity contribution < 1.29 is 4.58 Å². The molecule has 0 heterocycles. The van der Waals surface area contributed by atoms with Gasteiger partial charge >= 0.3 is 0 Å². The minimum absolute atomic E-state index is 1.29. The van der Waals surface area contributed by atoms with E-state index < -0.39 is 0 Å². The van der Waals surface area contributed by atoms with Gasteiger partial charge < -0.3 is 0 Å². The molecule has 0 spiro atoms. The van der Waals surface area contributed by atoms with Gasteiger partial charge in [0.25, 0.3) is 0 Å². The van der Waals surface area contributed by atoms with E-state index in [1.807, 2.05) is 14.1 Å². The van der Waals surface area contributed by atoms with E-state index in [-0.39, 0.29) is 0 Å². The topological polar surface area (TPSA) is 3.01 Å². The molecule has 0 atom stereocenters. The average molecular weight is 180 g/mol. The molecule has 0 aliphatic heterocycles. The molecule has 0 N–H and O–H groups in total. The molecule has 1 aromatic rings. The van der Waals surface area contributed by atoms with Crippen molar-refractivity contribution >= 4 is 18.0 Å². The predicted octanol–water partition coefficient (Wildman–Crippen LogP) is 2.10. The second-order valence-corrected chi connectivity index (χ2v) is 3.68. The molecule has 0 fully saturated rings. The van der Waals surface area contributed by atoms with Crippen LogP contribution in [0.25, 0.3) is 0 Å². The van der Waals surface area contributed by atoms with Crippen LogP contribution in [0.1, 0.15) is 5.56 Å². The Bertz CT molecular complexity index is 288. The molecule has 2 heteroatoms. The highest BCUT2D eigenvalue weighted by Crippen LogP contribution is 2.17. The van der Waals surface area contributed by atoms with Crippen molar-refractivity contribution in [1.29, 1.82) is 0 Å². The molecule has 0 bridgehead atoms. The van der Waals surface area contributed by atoms with Gasteiger partial charge in [-0.25, -0.2) is 4.58 Å². The number of hydrogen-bond acceptors (Lipinski definition) is 1. The van der Waals surface area contributed by atoms with Crippen LogP contribution in [0.2, 0.25) is 0 Å². The lowest BCUT2D eigenvalue weighted by Gasteiger charge is -1.98. The number of benzene rings is 1. The zero-order valence-corrected chi connectivity index (χ0v) is 8.56. The second-order valence-electron chi connectivity index (χ2n) is 2.83. The Morgan fingerprint density at radius 2 is 1.92 bits per heavy atom. The monoisotopic (exact) mass is 180 g/mol. The summed E-state index contributed by atoms with van der Waals surface area (Å²) >= 11 is 1.78. The van der Waals surface area contributed by atoms with Crippen LogP contribution in [0.3, 0.4) is 0 Å². The molecule has 0 radical (unpaired) electrons. The van der Waals surface area contributed by atoms with Gasteiger partial charge in [0.2, 0.25) is 0 Å². The van der Waals surface area contributed by atoms with Crippen molar-refractivity contribution in [3.05, 3.63) is 29.8 Å². The third-order valence-electron chi connectivity index (χ3n) is 1.54. The average Bonchev–Trinajstić information content (AvgIpc) is 2.04. The Morgan fingerprint density at radius 1 is 1.25 bits per heavy atom. The molecule has 0 amide bonds. The van der Waals surface area contributed by atoms with Crippen LogP contribution in [-0.4, -0.2) is 31.1 Å². The van der Waals surface area contributed by atoms with Crippen molar-refractivity contribution in [1.82, 2.24) is 0 Å². The first kappa shape index (κ1) is 9.33. The SMILES string of the molecule is CSc1ccccc1C=[N+](C)C. The van der Waals surface area contributed by atoms with Crippen LogP contribution >= 0.6 is 11.8 Å². The molecule has 64 valence electrons. The van der Waals surface area contributed by atoms with Crippen molar-refractivity contribution in [2.24, 2.45) is 0 Å². The number of rotatable bonds is 2. The van der Waals surface area contributed by atoms with Gasteiger partial charge in [0.1, 0.15) is 14.1 Å². The summed E-state index contributed by atoms with van der Waals surface area (Å²) in [7, 11) is 4.08. The standard InChI is InChI=1S/C10H14NS/c1-11(2)8-9-6-4-5-7-10(9)12-3/h4-8H,1-3H3/q+1. The van der Waals surface area contributed by atoms with E-state index in [0.717, 1.165) is 0 Å². The highest BCUT2D eigenvalue weighted by molar-refractivity contribution is 7.98. The van der Waals surface area contributed by atoms with Gasteiger partial charge in [-0.15, -0.1) is 11.8 Å². The molecule has 0 aliphatic rings. The smallest absolute Gasteiger partial charge is 0.171 e. The van der Waals surface area contributed by atoms with Crippen LogP contribution < -0.4 is 0 Å². The lowest BCUT2D eigenvalue weighted by Crippen LogP contribution is -2.00. The predicted molar refractivity (Wildman–Crippen MR) is 55.5 cm³/mol. The summed E-state index contributed by atoms with van der Waals surface area (Å²) in [5.74, 6) is 0. The van der Waals surface area contributed by atoms with E-state index in [9.17, 15) is 0 Å². The van der Waals surface area contributed by atoms with Gasteiger partial charge in [0.15, 0.2) is 6.21 Å². The highest BCUT2D eigenvalue weighted by Gasteiger charge is 1.99. The lowest BCUT2D eigenvalue weighted by atomic mass is 10.2. The van der Waals surface area contributed by atoms with Gasteiger partial charge in [-0.1, -0.05) is 12.1 Å². The summed E-state index contributed by atoms with van der Waals surface area (Å²) in [6, 6.07) is 8.40. The van der Waals surface area contributed by atoms with Gasteiger partial charge in [-0.2, -0.15) is 0 Å². The lowest BCUT2D eigenvalue weighted by molar-refractivity contribution is -0.458. The number of hydrogen-bond donors (Lipinski definition) is 0. The largest absolute Gasteiger partial charge is 0.241 e. The zero-order chi connectivity index (χ0) is 8.97. The molecule has 0 saturated heterocycles. The van der Waals surface area contributed by atoms with Crippen LogP contribution in [0.4, 0.5) is 0 Å². The minimum atomic E-state index is 1.29. The van der Waals surface area contributed by atoms with Crippen molar-refractivity contribution in [2.75, 3.05) is 20.4 Å². The Balaban J connectivity index is 3.05. The van der Waals surface area contributed by atoms with Crippen LogP contribution in [0, 0.1) is 0 Å². The maximum Gasteiger partial charge on any atom is 0.171 e. The van der Waals surface area contributed by atoms with Crippen molar-refractivity contribution in [3.8, 4) is 0 Å². The molecule has 0 aliphatic carbocycles. The fourth-order valence-corrected chi connectivity index (χ4v) is 1.62. The first-order valence-electron chi connectivity index (χ1n) is 3.88. The molecule has 12 heavy (non-hydrogen) atoms. The van der Waals surface area contributed by atoms with Crippen LogP contribution in [-0.2, 0) is 0 Å². The Labute approximate surface area is 78.1 Å². The maximum atomic E-state index is 2.14. The van der Waals surface area contributed by atoms with E-state index in [2.05, 4.69) is 41.3 Å². The first-order chi connectivity index (χ1) is 5.74. The third kappa shape index (κ3) is 2.38. The molecule has 1 aromatic carbocycles. The molecule has 0 aromatic heterocycles.